The van der Waals surface area contributed by atoms with Gasteiger partial charge < -0.3 is 9.84 Å². The third kappa shape index (κ3) is 3.04. The molecule has 0 saturated heterocycles. The second-order valence-corrected chi connectivity index (χ2v) is 3.20. The molecule has 1 rings (SSSR count). The molecule has 0 aliphatic carbocycles. The van der Waals surface area contributed by atoms with E-state index in [1.807, 2.05) is 6.07 Å². The largest absolute Gasteiger partial charge is 0.479 e. The summed E-state index contributed by atoms with van der Waals surface area (Å²) in [4.78, 5) is 10.5. The van der Waals surface area contributed by atoms with Crippen molar-refractivity contribution in [3.63, 3.8) is 0 Å². The Morgan fingerprint density at radius 3 is 2.94 bits per heavy atom. The third-order valence-corrected chi connectivity index (χ3v) is 2.03. The average Bonchev–Trinajstić information content (AvgIpc) is 2.26. The van der Waals surface area contributed by atoms with Crippen LogP contribution in [-0.2, 0) is 16.1 Å². The van der Waals surface area contributed by atoms with E-state index in [9.17, 15) is 9.18 Å². The van der Waals surface area contributed by atoms with Gasteiger partial charge in [0, 0.05) is 0 Å². The highest BCUT2D eigenvalue weighted by Crippen LogP contribution is 2.12. The summed E-state index contributed by atoms with van der Waals surface area (Å²) in [6, 6.07) is 5.51. The maximum absolute atomic E-state index is 12.8. The molecule has 0 aliphatic heterocycles. The van der Waals surface area contributed by atoms with E-state index in [0.29, 0.717) is 5.56 Å². The van der Waals surface area contributed by atoms with E-state index >= 15 is 0 Å². The van der Waals surface area contributed by atoms with E-state index < -0.39 is 17.9 Å². The van der Waals surface area contributed by atoms with Crippen molar-refractivity contribution in [3.05, 3.63) is 35.1 Å². The van der Waals surface area contributed by atoms with Crippen LogP contribution >= 0.6 is 0 Å². The molecule has 1 aromatic rings. The standard InChI is InChI=1S/C11H10FNO3/c1-7(11(14)15)16-6-8-2-3-10(12)4-9(8)5-13/h2-4,7H,6H2,1H3,(H,14,15). The number of halogens is 1. The molecule has 0 saturated carbocycles. The summed E-state index contributed by atoms with van der Waals surface area (Å²) in [5, 5.41) is 17.3. The lowest BCUT2D eigenvalue weighted by molar-refractivity contribution is -0.149. The lowest BCUT2D eigenvalue weighted by atomic mass is 10.1. The van der Waals surface area contributed by atoms with Gasteiger partial charge in [0.2, 0.25) is 0 Å². The quantitative estimate of drug-likeness (QED) is 0.843. The van der Waals surface area contributed by atoms with E-state index in [-0.39, 0.29) is 12.2 Å². The molecule has 0 spiro atoms. The van der Waals surface area contributed by atoms with E-state index in [4.69, 9.17) is 15.1 Å². The first-order valence-electron chi connectivity index (χ1n) is 4.57. The molecule has 1 N–H and O–H groups in total. The number of hydrogen-bond donors (Lipinski definition) is 1. The molecule has 16 heavy (non-hydrogen) atoms. The Bertz CT molecular complexity index is 439. The van der Waals surface area contributed by atoms with Crippen LogP contribution < -0.4 is 0 Å². The van der Waals surface area contributed by atoms with E-state index in [2.05, 4.69) is 0 Å². The molecule has 0 heterocycles. The number of aliphatic carboxylic acids is 1. The van der Waals surface area contributed by atoms with Crippen molar-refractivity contribution in [2.75, 3.05) is 0 Å². The Kier molecular flexibility index (Phi) is 3.97. The molecule has 4 nitrogen and oxygen atoms in total. The van der Waals surface area contributed by atoms with E-state index in [1.165, 1.54) is 19.1 Å². The zero-order chi connectivity index (χ0) is 12.1. The van der Waals surface area contributed by atoms with Crippen molar-refractivity contribution in [2.24, 2.45) is 0 Å². The Balaban J connectivity index is 2.75. The molecule has 0 radical (unpaired) electrons. The number of carboxylic acid groups (broad SMARTS) is 1. The summed E-state index contributed by atoms with van der Waals surface area (Å²) in [5.41, 5.74) is 0.620. The van der Waals surface area contributed by atoms with Crippen LogP contribution in [0.25, 0.3) is 0 Å². The summed E-state index contributed by atoms with van der Waals surface area (Å²) in [7, 11) is 0. The molecule has 0 fully saturated rings. The van der Waals surface area contributed by atoms with E-state index in [1.54, 1.807) is 0 Å². The van der Waals surface area contributed by atoms with Gasteiger partial charge in [0.05, 0.1) is 18.2 Å². The summed E-state index contributed by atoms with van der Waals surface area (Å²) in [6.45, 7) is 1.36. The van der Waals surface area contributed by atoms with Crippen molar-refractivity contribution in [1.82, 2.24) is 0 Å². The molecule has 0 amide bonds. The maximum Gasteiger partial charge on any atom is 0.332 e. The SMILES string of the molecule is CC(OCc1ccc(F)cc1C#N)C(=O)O. The first kappa shape index (κ1) is 12.1. The van der Waals surface area contributed by atoms with Crippen LogP contribution in [0, 0.1) is 17.1 Å². The van der Waals surface area contributed by atoms with Gasteiger partial charge >= 0.3 is 5.97 Å². The molecule has 0 aliphatic rings. The van der Waals surface area contributed by atoms with E-state index in [0.717, 1.165) is 6.07 Å². The molecular weight excluding hydrogens is 213 g/mol. The van der Waals surface area contributed by atoms with Crippen molar-refractivity contribution < 1.29 is 19.0 Å². The van der Waals surface area contributed by atoms with Crippen LogP contribution in [0.15, 0.2) is 18.2 Å². The fourth-order valence-corrected chi connectivity index (χ4v) is 1.06. The summed E-state index contributed by atoms with van der Waals surface area (Å²) in [5.74, 6) is -1.59. The first-order valence-corrected chi connectivity index (χ1v) is 4.57. The zero-order valence-electron chi connectivity index (χ0n) is 8.61. The van der Waals surface area contributed by atoms with Crippen LogP contribution in [0.4, 0.5) is 4.39 Å². The van der Waals surface area contributed by atoms with Crippen molar-refractivity contribution in [2.45, 2.75) is 19.6 Å². The van der Waals surface area contributed by atoms with Crippen molar-refractivity contribution in [1.29, 1.82) is 5.26 Å². The minimum Gasteiger partial charge on any atom is -0.479 e. The average molecular weight is 223 g/mol. The number of nitrogens with zero attached hydrogens (tertiary/aromatic N) is 1. The minimum atomic E-state index is -1.08. The van der Waals surface area contributed by atoms with Crippen molar-refractivity contribution in [3.8, 4) is 6.07 Å². The molecule has 1 atom stereocenters. The van der Waals surface area contributed by atoms with Crippen LogP contribution in [0.5, 0.6) is 0 Å². The number of nitriles is 1. The number of carboxylic acids is 1. The summed E-state index contributed by atoms with van der Waals surface area (Å²) in [6.07, 6.45) is -0.961. The molecule has 0 bridgehead atoms. The number of ether oxygens (including phenoxy) is 1. The van der Waals surface area contributed by atoms with Gasteiger partial charge in [-0.1, -0.05) is 6.07 Å². The number of carbonyl (C=O) groups is 1. The fraction of sp³-hybridized carbons (Fsp3) is 0.273. The van der Waals surface area contributed by atoms with Crippen molar-refractivity contribution >= 4 is 5.97 Å². The smallest absolute Gasteiger partial charge is 0.332 e. The summed E-state index contributed by atoms with van der Waals surface area (Å²) < 4.78 is 17.8. The van der Waals surface area contributed by atoms with Gasteiger partial charge in [0.25, 0.3) is 0 Å². The highest BCUT2D eigenvalue weighted by molar-refractivity contribution is 5.71. The highest BCUT2D eigenvalue weighted by Gasteiger charge is 2.12. The number of hydrogen-bond acceptors (Lipinski definition) is 3. The second kappa shape index (κ2) is 5.24. The van der Waals surface area contributed by atoms with Gasteiger partial charge in [0.1, 0.15) is 5.82 Å². The normalized spacial score (nSPS) is 11.8. The van der Waals surface area contributed by atoms with Gasteiger partial charge in [-0.3, -0.25) is 0 Å². The third-order valence-electron chi connectivity index (χ3n) is 2.03. The summed E-state index contributed by atoms with van der Waals surface area (Å²) >= 11 is 0. The lowest BCUT2D eigenvalue weighted by Gasteiger charge is -2.09. The topological polar surface area (TPSA) is 70.3 Å². The predicted molar refractivity (Wildman–Crippen MR) is 53.0 cm³/mol. The Hall–Kier alpha value is -1.93. The Morgan fingerprint density at radius 2 is 2.38 bits per heavy atom. The molecule has 84 valence electrons. The lowest BCUT2D eigenvalue weighted by Crippen LogP contribution is -2.19. The highest BCUT2D eigenvalue weighted by atomic mass is 19.1. The Morgan fingerprint density at radius 1 is 1.69 bits per heavy atom. The molecule has 0 aromatic heterocycles. The van der Waals surface area contributed by atoms with Gasteiger partial charge in [-0.25, -0.2) is 9.18 Å². The number of rotatable bonds is 4. The minimum absolute atomic E-state index is 0.0311. The molecule has 1 unspecified atom stereocenters. The van der Waals surface area contributed by atoms with Crippen LogP contribution in [-0.4, -0.2) is 17.2 Å². The fourth-order valence-electron chi connectivity index (χ4n) is 1.06. The maximum atomic E-state index is 12.8. The van der Waals surface area contributed by atoms with Crippen LogP contribution in [0.1, 0.15) is 18.1 Å². The van der Waals surface area contributed by atoms with Gasteiger partial charge in [-0.2, -0.15) is 5.26 Å². The second-order valence-electron chi connectivity index (χ2n) is 3.20. The molecule has 1 aromatic carbocycles. The Labute approximate surface area is 91.9 Å². The molecule has 5 heteroatoms. The van der Waals surface area contributed by atoms with Gasteiger partial charge in [-0.05, 0) is 24.6 Å². The zero-order valence-corrected chi connectivity index (χ0v) is 8.61. The monoisotopic (exact) mass is 223 g/mol. The van der Waals surface area contributed by atoms with Gasteiger partial charge in [0.15, 0.2) is 6.10 Å². The molecular formula is C11H10FNO3. The first-order chi connectivity index (χ1) is 7.54. The van der Waals surface area contributed by atoms with Gasteiger partial charge in [-0.15, -0.1) is 0 Å². The van der Waals surface area contributed by atoms with Crippen LogP contribution in [0.3, 0.4) is 0 Å². The van der Waals surface area contributed by atoms with Crippen LogP contribution in [0.2, 0.25) is 0 Å². The predicted octanol–water partition coefficient (Wildman–Crippen LogP) is 1.69. The number of benzene rings is 1.